The molecule has 2 heteroatoms. The van der Waals surface area contributed by atoms with E-state index in [9.17, 15) is 0 Å². The number of fused-ring (bicyclic) bond motifs is 3. The highest BCUT2D eigenvalue weighted by Gasteiger charge is 2.55. The monoisotopic (exact) mass is 269 g/mol. The first-order chi connectivity index (χ1) is 9.34. The lowest BCUT2D eigenvalue weighted by Gasteiger charge is -2.13. The van der Waals surface area contributed by atoms with Gasteiger partial charge in [0.1, 0.15) is 0 Å². The fourth-order valence-electron chi connectivity index (χ4n) is 4.00. The highest BCUT2D eigenvalue weighted by atomic mass is 32.1. The van der Waals surface area contributed by atoms with Crippen LogP contribution in [-0.4, -0.2) is 6.04 Å². The quantitative estimate of drug-likeness (QED) is 0.905. The SMILES string of the molecule is NC(Cc1cccs1)C1C2CCc3ccccc3C21. The van der Waals surface area contributed by atoms with Crippen molar-refractivity contribution in [2.45, 2.75) is 31.2 Å². The van der Waals surface area contributed by atoms with E-state index in [1.165, 1.54) is 17.7 Å². The fraction of sp³-hybridized carbons (Fsp3) is 0.412. The van der Waals surface area contributed by atoms with Gasteiger partial charge in [0, 0.05) is 10.9 Å². The van der Waals surface area contributed by atoms with Gasteiger partial charge in [-0.1, -0.05) is 30.3 Å². The summed E-state index contributed by atoms with van der Waals surface area (Å²) in [7, 11) is 0. The number of hydrogen-bond acceptors (Lipinski definition) is 2. The van der Waals surface area contributed by atoms with Crippen molar-refractivity contribution in [2.75, 3.05) is 0 Å². The van der Waals surface area contributed by atoms with Crippen molar-refractivity contribution in [2.24, 2.45) is 17.6 Å². The molecule has 1 aromatic heterocycles. The zero-order chi connectivity index (χ0) is 12.8. The lowest BCUT2D eigenvalue weighted by Crippen LogP contribution is -2.26. The average molecular weight is 269 g/mol. The Labute approximate surface area is 118 Å². The minimum Gasteiger partial charge on any atom is -0.327 e. The van der Waals surface area contributed by atoms with E-state index in [1.807, 2.05) is 11.3 Å². The van der Waals surface area contributed by atoms with Crippen LogP contribution in [0.25, 0.3) is 0 Å². The summed E-state index contributed by atoms with van der Waals surface area (Å²) in [4.78, 5) is 1.43. The highest BCUT2D eigenvalue weighted by Crippen LogP contribution is 2.61. The predicted octanol–water partition coefficient (Wildman–Crippen LogP) is 3.59. The first-order valence-corrected chi connectivity index (χ1v) is 8.08. The van der Waals surface area contributed by atoms with Gasteiger partial charge in [-0.2, -0.15) is 0 Å². The van der Waals surface area contributed by atoms with Crippen molar-refractivity contribution in [3.8, 4) is 0 Å². The molecule has 1 aromatic carbocycles. The molecule has 4 unspecified atom stereocenters. The molecule has 2 N–H and O–H groups in total. The molecule has 19 heavy (non-hydrogen) atoms. The van der Waals surface area contributed by atoms with Crippen LogP contribution in [0.15, 0.2) is 41.8 Å². The molecule has 0 radical (unpaired) electrons. The molecule has 98 valence electrons. The smallest absolute Gasteiger partial charge is 0.0124 e. The van der Waals surface area contributed by atoms with Crippen molar-refractivity contribution < 1.29 is 0 Å². The molecule has 0 aliphatic heterocycles. The van der Waals surface area contributed by atoms with Crippen molar-refractivity contribution in [1.29, 1.82) is 0 Å². The molecule has 2 aromatic rings. The molecule has 0 bridgehead atoms. The minimum absolute atomic E-state index is 0.333. The summed E-state index contributed by atoms with van der Waals surface area (Å²) in [5.41, 5.74) is 9.65. The summed E-state index contributed by atoms with van der Waals surface area (Å²) in [6.07, 6.45) is 3.64. The maximum absolute atomic E-state index is 6.49. The van der Waals surface area contributed by atoms with E-state index >= 15 is 0 Å². The average Bonchev–Trinajstić information content (AvgIpc) is 2.98. The molecule has 4 atom stereocenters. The molecule has 0 amide bonds. The molecule has 2 aliphatic rings. The van der Waals surface area contributed by atoms with Crippen LogP contribution in [-0.2, 0) is 12.8 Å². The number of thiophene rings is 1. The first-order valence-electron chi connectivity index (χ1n) is 7.20. The maximum atomic E-state index is 6.49. The molecule has 4 rings (SSSR count). The second kappa shape index (κ2) is 4.46. The van der Waals surface area contributed by atoms with Gasteiger partial charge in [-0.25, -0.2) is 0 Å². The Hall–Kier alpha value is -1.12. The standard InChI is InChI=1S/C17H19NS/c18-15(10-12-5-3-9-19-12)17-14-8-7-11-4-1-2-6-13(11)16(14)17/h1-6,9,14-17H,7-8,10,18H2. The van der Waals surface area contributed by atoms with E-state index in [-0.39, 0.29) is 0 Å². The number of rotatable bonds is 3. The summed E-state index contributed by atoms with van der Waals surface area (Å²) in [5, 5.41) is 2.15. The van der Waals surface area contributed by atoms with E-state index in [2.05, 4.69) is 41.8 Å². The Kier molecular flexibility index (Phi) is 2.75. The van der Waals surface area contributed by atoms with Gasteiger partial charge in [-0.15, -0.1) is 11.3 Å². The molecule has 1 saturated carbocycles. The minimum atomic E-state index is 0.333. The summed E-state index contributed by atoms with van der Waals surface area (Å²) in [6, 6.07) is 13.6. The van der Waals surface area contributed by atoms with Gasteiger partial charge < -0.3 is 5.73 Å². The van der Waals surface area contributed by atoms with Crippen molar-refractivity contribution in [1.82, 2.24) is 0 Å². The molecule has 0 saturated heterocycles. The molecular weight excluding hydrogens is 250 g/mol. The van der Waals surface area contributed by atoms with Gasteiger partial charge in [0.25, 0.3) is 0 Å². The molecule has 1 fully saturated rings. The fourth-order valence-corrected chi connectivity index (χ4v) is 4.78. The number of hydrogen-bond donors (Lipinski definition) is 1. The van der Waals surface area contributed by atoms with Crippen molar-refractivity contribution in [3.05, 3.63) is 57.8 Å². The van der Waals surface area contributed by atoms with E-state index in [0.717, 1.165) is 18.3 Å². The Morgan fingerprint density at radius 3 is 2.95 bits per heavy atom. The third-order valence-corrected chi connectivity index (χ3v) is 5.80. The van der Waals surface area contributed by atoms with E-state index in [1.54, 1.807) is 11.1 Å². The number of benzene rings is 1. The van der Waals surface area contributed by atoms with Crippen LogP contribution in [0.1, 0.15) is 28.3 Å². The predicted molar refractivity (Wildman–Crippen MR) is 80.5 cm³/mol. The van der Waals surface area contributed by atoms with Crippen LogP contribution in [0.3, 0.4) is 0 Å². The molecular formula is C17H19NS. The zero-order valence-corrected chi connectivity index (χ0v) is 11.8. The van der Waals surface area contributed by atoms with Gasteiger partial charge in [-0.05, 0) is 59.6 Å². The molecule has 0 spiro atoms. The van der Waals surface area contributed by atoms with E-state index in [4.69, 9.17) is 5.73 Å². The van der Waals surface area contributed by atoms with Gasteiger partial charge >= 0.3 is 0 Å². The van der Waals surface area contributed by atoms with E-state index in [0.29, 0.717) is 12.0 Å². The Balaban J connectivity index is 1.54. The first kappa shape index (κ1) is 11.7. The summed E-state index contributed by atoms with van der Waals surface area (Å²) in [5.74, 6) is 2.32. The topological polar surface area (TPSA) is 26.0 Å². The second-order valence-corrected chi connectivity index (χ2v) is 6.98. The lowest BCUT2D eigenvalue weighted by atomic mass is 9.92. The van der Waals surface area contributed by atoms with Gasteiger partial charge in [0.2, 0.25) is 0 Å². The summed E-state index contributed by atoms with van der Waals surface area (Å²) >= 11 is 1.84. The molecule has 1 heterocycles. The van der Waals surface area contributed by atoms with Crippen LogP contribution in [0.5, 0.6) is 0 Å². The summed E-state index contributed by atoms with van der Waals surface area (Å²) in [6.45, 7) is 0. The van der Waals surface area contributed by atoms with Crippen molar-refractivity contribution >= 4 is 11.3 Å². The Bertz CT molecular complexity index is 575. The third kappa shape index (κ3) is 1.94. The summed E-state index contributed by atoms with van der Waals surface area (Å²) < 4.78 is 0. The van der Waals surface area contributed by atoms with Gasteiger partial charge in [0.05, 0.1) is 0 Å². The third-order valence-electron chi connectivity index (χ3n) is 4.90. The normalized spacial score (nSPS) is 29.4. The number of aryl methyl sites for hydroxylation is 1. The van der Waals surface area contributed by atoms with Gasteiger partial charge in [-0.3, -0.25) is 0 Å². The highest BCUT2D eigenvalue weighted by molar-refractivity contribution is 7.09. The largest absolute Gasteiger partial charge is 0.327 e. The lowest BCUT2D eigenvalue weighted by molar-refractivity contribution is 0.534. The molecule has 1 nitrogen and oxygen atoms in total. The second-order valence-electron chi connectivity index (χ2n) is 5.95. The van der Waals surface area contributed by atoms with E-state index < -0.39 is 0 Å². The van der Waals surface area contributed by atoms with Gasteiger partial charge in [0.15, 0.2) is 0 Å². The van der Waals surface area contributed by atoms with Crippen LogP contribution < -0.4 is 5.73 Å². The maximum Gasteiger partial charge on any atom is 0.0124 e. The Morgan fingerprint density at radius 1 is 1.21 bits per heavy atom. The van der Waals surface area contributed by atoms with Crippen molar-refractivity contribution in [3.63, 3.8) is 0 Å². The van der Waals surface area contributed by atoms with Crippen LogP contribution in [0.4, 0.5) is 0 Å². The van der Waals surface area contributed by atoms with Crippen LogP contribution >= 0.6 is 11.3 Å². The zero-order valence-electron chi connectivity index (χ0n) is 11.0. The number of nitrogens with two attached hydrogens (primary N) is 1. The van der Waals surface area contributed by atoms with Crippen LogP contribution in [0.2, 0.25) is 0 Å². The Morgan fingerprint density at radius 2 is 2.11 bits per heavy atom. The van der Waals surface area contributed by atoms with Crippen LogP contribution in [0, 0.1) is 11.8 Å². The molecule has 2 aliphatic carbocycles.